The second-order valence-corrected chi connectivity index (χ2v) is 5.98. The number of carbonyl (C=O) groups is 2. The van der Waals surface area contributed by atoms with Gasteiger partial charge in [-0.2, -0.15) is 5.26 Å². The lowest BCUT2D eigenvalue weighted by Crippen LogP contribution is -2.21. The molecule has 0 saturated heterocycles. The Labute approximate surface area is 163 Å². The number of nitriles is 1. The van der Waals surface area contributed by atoms with Crippen LogP contribution in [0.15, 0.2) is 48.0 Å². The summed E-state index contributed by atoms with van der Waals surface area (Å²) in [6.07, 6.45) is 1.43. The Balaban J connectivity index is 2.24. The number of amides is 2. The van der Waals surface area contributed by atoms with Crippen LogP contribution in [0.5, 0.6) is 11.5 Å². The van der Waals surface area contributed by atoms with E-state index in [-0.39, 0.29) is 11.5 Å². The number of carbonyl (C=O) groups excluding carboxylic acids is 2. The van der Waals surface area contributed by atoms with Gasteiger partial charge in [0.05, 0.1) is 14.2 Å². The lowest BCUT2D eigenvalue weighted by molar-refractivity contribution is -0.112. The zero-order valence-electron chi connectivity index (χ0n) is 16.1. The van der Waals surface area contributed by atoms with Crippen molar-refractivity contribution in [3.05, 3.63) is 59.2 Å². The highest BCUT2D eigenvalue weighted by Crippen LogP contribution is 2.32. The summed E-state index contributed by atoms with van der Waals surface area (Å²) in [5, 5.41) is 12.1. The maximum atomic E-state index is 12.5. The van der Waals surface area contributed by atoms with Crippen molar-refractivity contribution >= 4 is 23.6 Å². The van der Waals surface area contributed by atoms with Crippen LogP contribution in [-0.4, -0.2) is 45.0 Å². The molecule has 0 aliphatic carbocycles. The Hall–Kier alpha value is -3.79. The van der Waals surface area contributed by atoms with Crippen LogP contribution in [0, 0.1) is 11.3 Å². The van der Waals surface area contributed by atoms with E-state index in [1.807, 2.05) is 6.07 Å². The van der Waals surface area contributed by atoms with Crippen LogP contribution in [0.25, 0.3) is 6.08 Å². The van der Waals surface area contributed by atoms with E-state index < -0.39 is 5.91 Å². The molecular formula is C21H21N3O4. The van der Waals surface area contributed by atoms with Crippen molar-refractivity contribution in [1.82, 2.24) is 4.90 Å². The van der Waals surface area contributed by atoms with Gasteiger partial charge in [-0.05, 0) is 36.4 Å². The average molecular weight is 379 g/mol. The predicted octanol–water partition coefficient (Wildman–Crippen LogP) is 2.95. The Kier molecular flexibility index (Phi) is 6.77. The quantitative estimate of drug-likeness (QED) is 0.615. The molecule has 0 fully saturated rings. The fourth-order valence-electron chi connectivity index (χ4n) is 2.48. The van der Waals surface area contributed by atoms with Gasteiger partial charge in [0.2, 0.25) is 0 Å². The third kappa shape index (κ3) is 4.68. The van der Waals surface area contributed by atoms with Crippen molar-refractivity contribution < 1.29 is 19.1 Å². The third-order valence-corrected chi connectivity index (χ3v) is 3.89. The molecule has 0 radical (unpaired) electrons. The minimum atomic E-state index is -0.570. The van der Waals surface area contributed by atoms with E-state index in [0.717, 1.165) is 0 Å². The molecule has 0 heterocycles. The summed E-state index contributed by atoms with van der Waals surface area (Å²) in [4.78, 5) is 25.9. The number of ether oxygens (including phenoxy) is 2. The highest BCUT2D eigenvalue weighted by Gasteiger charge is 2.14. The first kappa shape index (κ1) is 20.5. The molecule has 0 saturated carbocycles. The summed E-state index contributed by atoms with van der Waals surface area (Å²) in [6, 6.07) is 13.5. The van der Waals surface area contributed by atoms with Gasteiger partial charge < -0.3 is 19.7 Å². The first-order valence-corrected chi connectivity index (χ1v) is 8.37. The van der Waals surface area contributed by atoms with Crippen molar-refractivity contribution in [2.24, 2.45) is 0 Å². The van der Waals surface area contributed by atoms with Gasteiger partial charge in [-0.3, -0.25) is 9.59 Å². The number of rotatable bonds is 6. The average Bonchev–Trinajstić information content (AvgIpc) is 2.71. The lowest BCUT2D eigenvalue weighted by atomic mass is 10.1. The summed E-state index contributed by atoms with van der Waals surface area (Å²) < 4.78 is 10.5. The monoisotopic (exact) mass is 379 g/mol. The van der Waals surface area contributed by atoms with Crippen LogP contribution >= 0.6 is 0 Å². The number of nitrogens with zero attached hydrogens (tertiary/aromatic N) is 2. The van der Waals surface area contributed by atoms with Crippen LogP contribution in [-0.2, 0) is 4.79 Å². The maximum absolute atomic E-state index is 12.5. The lowest BCUT2D eigenvalue weighted by Gasteiger charge is -2.11. The molecule has 2 rings (SSSR count). The SMILES string of the molecule is COc1cccc(/C=C(\C#N)C(=O)Nc2ccc(C(=O)N(C)C)cc2)c1OC. The molecule has 2 amide bonds. The number of methoxy groups -OCH3 is 2. The molecule has 7 nitrogen and oxygen atoms in total. The third-order valence-electron chi connectivity index (χ3n) is 3.89. The van der Waals surface area contributed by atoms with Gasteiger partial charge in [0.1, 0.15) is 11.6 Å². The second-order valence-electron chi connectivity index (χ2n) is 5.98. The van der Waals surface area contributed by atoms with Crippen LogP contribution < -0.4 is 14.8 Å². The van der Waals surface area contributed by atoms with Crippen LogP contribution in [0.3, 0.4) is 0 Å². The Morgan fingerprint density at radius 2 is 1.75 bits per heavy atom. The fourth-order valence-corrected chi connectivity index (χ4v) is 2.48. The van der Waals surface area contributed by atoms with Gasteiger partial charge in [0.25, 0.3) is 11.8 Å². The number of hydrogen-bond donors (Lipinski definition) is 1. The molecule has 1 N–H and O–H groups in total. The normalized spacial score (nSPS) is 10.6. The molecule has 28 heavy (non-hydrogen) atoms. The molecule has 0 aliphatic heterocycles. The summed E-state index contributed by atoms with van der Waals surface area (Å²) in [5.74, 6) is 0.215. The molecule has 0 aliphatic rings. The van der Waals surface area contributed by atoms with Crippen LogP contribution in [0.2, 0.25) is 0 Å². The molecule has 0 aromatic heterocycles. The topological polar surface area (TPSA) is 91.7 Å². The van der Waals surface area contributed by atoms with E-state index in [1.54, 1.807) is 56.6 Å². The van der Waals surface area contributed by atoms with E-state index >= 15 is 0 Å². The summed E-state index contributed by atoms with van der Waals surface area (Å²) in [5.41, 5.74) is 1.42. The zero-order valence-corrected chi connectivity index (χ0v) is 16.1. The largest absolute Gasteiger partial charge is 0.493 e. The molecular weight excluding hydrogens is 358 g/mol. The molecule has 0 unspecified atom stereocenters. The van der Waals surface area contributed by atoms with Gasteiger partial charge >= 0.3 is 0 Å². The van der Waals surface area contributed by atoms with Crippen molar-refractivity contribution in [3.8, 4) is 17.6 Å². The summed E-state index contributed by atoms with van der Waals surface area (Å²) in [7, 11) is 6.32. The molecule has 0 spiro atoms. The van der Waals surface area contributed by atoms with Gasteiger partial charge in [0, 0.05) is 30.9 Å². The van der Waals surface area contributed by atoms with Gasteiger partial charge in [-0.25, -0.2) is 0 Å². The number of para-hydroxylation sites is 1. The number of benzene rings is 2. The molecule has 2 aromatic carbocycles. The predicted molar refractivity (Wildman–Crippen MR) is 106 cm³/mol. The van der Waals surface area contributed by atoms with Crippen molar-refractivity contribution in [2.45, 2.75) is 0 Å². The highest BCUT2D eigenvalue weighted by molar-refractivity contribution is 6.10. The highest BCUT2D eigenvalue weighted by atomic mass is 16.5. The Morgan fingerprint density at radius 1 is 1.07 bits per heavy atom. The van der Waals surface area contributed by atoms with Crippen molar-refractivity contribution in [2.75, 3.05) is 33.6 Å². The molecule has 144 valence electrons. The first-order valence-electron chi connectivity index (χ1n) is 8.37. The smallest absolute Gasteiger partial charge is 0.266 e. The van der Waals surface area contributed by atoms with Crippen LogP contribution in [0.1, 0.15) is 15.9 Å². The molecule has 2 aromatic rings. The molecule has 0 bridgehead atoms. The van der Waals surface area contributed by atoms with E-state index in [0.29, 0.717) is 28.3 Å². The fraction of sp³-hybridized carbons (Fsp3) is 0.190. The van der Waals surface area contributed by atoms with Gasteiger partial charge in [-0.15, -0.1) is 0 Å². The van der Waals surface area contributed by atoms with Gasteiger partial charge in [-0.1, -0.05) is 12.1 Å². The standard InChI is InChI=1S/C21H21N3O4/c1-24(2)21(26)14-8-10-17(11-9-14)23-20(25)16(13-22)12-15-6-5-7-18(27-3)19(15)28-4/h5-12H,1-4H3,(H,23,25)/b16-12+. The minimum Gasteiger partial charge on any atom is -0.493 e. The number of hydrogen-bond acceptors (Lipinski definition) is 5. The van der Waals surface area contributed by atoms with Crippen LogP contribution in [0.4, 0.5) is 5.69 Å². The number of nitrogens with one attached hydrogen (secondary N) is 1. The zero-order chi connectivity index (χ0) is 20.7. The maximum Gasteiger partial charge on any atom is 0.266 e. The Bertz CT molecular complexity index is 941. The summed E-state index contributed by atoms with van der Waals surface area (Å²) in [6.45, 7) is 0. The number of anilines is 1. The minimum absolute atomic E-state index is 0.0972. The van der Waals surface area contributed by atoms with E-state index in [4.69, 9.17) is 9.47 Å². The van der Waals surface area contributed by atoms with Crippen molar-refractivity contribution in [1.29, 1.82) is 5.26 Å². The van der Waals surface area contributed by atoms with E-state index in [9.17, 15) is 14.9 Å². The van der Waals surface area contributed by atoms with E-state index in [2.05, 4.69) is 5.32 Å². The van der Waals surface area contributed by atoms with E-state index in [1.165, 1.54) is 25.2 Å². The molecule has 0 atom stereocenters. The summed E-state index contributed by atoms with van der Waals surface area (Å²) >= 11 is 0. The molecule has 7 heteroatoms. The van der Waals surface area contributed by atoms with Crippen molar-refractivity contribution in [3.63, 3.8) is 0 Å². The van der Waals surface area contributed by atoms with Gasteiger partial charge in [0.15, 0.2) is 11.5 Å². The first-order chi connectivity index (χ1) is 13.4. The Morgan fingerprint density at radius 3 is 2.29 bits per heavy atom. The second kappa shape index (κ2) is 9.24.